The molecule has 0 unspecified atom stereocenters. The number of aryl methyl sites for hydroxylation is 1. The number of hydrogen-bond donors (Lipinski definition) is 2. The molecule has 0 radical (unpaired) electrons. The molecule has 2 aromatic rings. The maximum absolute atomic E-state index is 14.2. The maximum atomic E-state index is 14.2. The number of benzene rings is 1. The van der Waals surface area contributed by atoms with Crippen LogP contribution in [-0.2, 0) is 12.2 Å². The summed E-state index contributed by atoms with van der Waals surface area (Å²) in [5.41, 5.74) is 5.34. The smallest absolute Gasteiger partial charge is 0.351 e. The lowest BCUT2D eigenvalue weighted by molar-refractivity contribution is -0.738. The van der Waals surface area contributed by atoms with E-state index in [-0.39, 0.29) is 13.2 Å². The number of aromatic amines is 1. The molecule has 1 heterocycles. The van der Waals surface area contributed by atoms with Gasteiger partial charge in [-0.05, 0) is 49.0 Å². The first-order valence-corrected chi connectivity index (χ1v) is 8.00. The fourth-order valence-corrected chi connectivity index (χ4v) is 2.38. The number of halogens is 2. The summed E-state index contributed by atoms with van der Waals surface area (Å²) in [6.45, 7) is 2.86. The highest BCUT2D eigenvalue weighted by Crippen LogP contribution is 2.48. The van der Waals surface area contributed by atoms with Crippen molar-refractivity contribution in [1.29, 1.82) is 0 Å². The van der Waals surface area contributed by atoms with Crippen LogP contribution in [0.25, 0.3) is 11.4 Å². The molecular weight excluding hydrogens is 314 g/mol. The van der Waals surface area contributed by atoms with E-state index in [0.717, 1.165) is 5.56 Å². The minimum absolute atomic E-state index is 0.109. The molecule has 24 heavy (non-hydrogen) atoms. The van der Waals surface area contributed by atoms with Crippen molar-refractivity contribution in [2.24, 2.45) is 5.73 Å². The Balaban J connectivity index is 1.77. The zero-order valence-electron chi connectivity index (χ0n) is 13.6. The minimum Gasteiger partial charge on any atom is -0.489 e. The van der Waals surface area contributed by atoms with E-state index in [9.17, 15) is 8.78 Å². The van der Waals surface area contributed by atoms with Crippen molar-refractivity contribution < 1.29 is 18.2 Å². The lowest BCUT2D eigenvalue weighted by atomic mass is 10.2. The number of nitrogens with one attached hydrogen (secondary N) is 1. The van der Waals surface area contributed by atoms with E-state index < -0.39 is 5.67 Å². The highest BCUT2D eigenvalue weighted by molar-refractivity contribution is 5.53. The second-order valence-electron chi connectivity index (χ2n) is 5.89. The third-order valence-corrected chi connectivity index (χ3v) is 4.10. The molecule has 0 spiro atoms. The minimum atomic E-state index is -1.30. The van der Waals surface area contributed by atoms with E-state index in [0.29, 0.717) is 48.7 Å². The van der Waals surface area contributed by atoms with Crippen LogP contribution >= 0.6 is 0 Å². The molecule has 1 aromatic carbocycles. The zero-order chi connectivity index (χ0) is 17.2. The summed E-state index contributed by atoms with van der Waals surface area (Å²) in [6.07, 6.45) is 1.50. The Labute approximate surface area is 139 Å². The summed E-state index contributed by atoms with van der Waals surface area (Å²) in [5.74, 6) is 1.68. The quantitative estimate of drug-likeness (QED) is 0.764. The molecule has 0 saturated heterocycles. The Morgan fingerprint density at radius 3 is 2.67 bits per heavy atom. The Morgan fingerprint density at radius 1 is 1.42 bits per heavy atom. The van der Waals surface area contributed by atoms with Crippen LogP contribution in [0.15, 0.2) is 36.2 Å². The summed E-state index contributed by atoms with van der Waals surface area (Å²) in [6, 6.07) is 7.25. The number of nitrogens with two attached hydrogens (primary N) is 1. The number of rotatable bonds is 7. The SMILES string of the molecule is CC[n+]1[nH]c(C2(F)CC2)nc1-c1ccc(OC/C(=C/F)CN)cc1. The zero-order valence-corrected chi connectivity index (χ0v) is 13.6. The third-order valence-electron chi connectivity index (χ3n) is 4.10. The Bertz CT molecular complexity index is 736. The topological polar surface area (TPSA) is 67.8 Å². The van der Waals surface area contributed by atoms with Crippen LogP contribution < -0.4 is 15.2 Å². The van der Waals surface area contributed by atoms with Crippen molar-refractivity contribution >= 4 is 0 Å². The van der Waals surface area contributed by atoms with Gasteiger partial charge in [0, 0.05) is 12.1 Å². The Hall–Kier alpha value is -2.28. The van der Waals surface area contributed by atoms with Gasteiger partial charge in [0.2, 0.25) is 0 Å². The molecule has 0 aliphatic heterocycles. The first kappa shape index (κ1) is 16.6. The lowest BCUT2D eigenvalue weighted by Crippen LogP contribution is -2.36. The van der Waals surface area contributed by atoms with E-state index in [1.165, 1.54) is 0 Å². The number of nitrogens with zero attached hydrogens (tertiary/aromatic N) is 2. The fourth-order valence-electron chi connectivity index (χ4n) is 2.38. The van der Waals surface area contributed by atoms with Gasteiger partial charge in [-0.25, -0.2) is 8.78 Å². The fraction of sp³-hybridized carbons (Fsp3) is 0.412. The number of H-pyrrole nitrogens is 1. The molecule has 0 amide bonds. The van der Waals surface area contributed by atoms with Gasteiger partial charge < -0.3 is 10.5 Å². The van der Waals surface area contributed by atoms with Crippen molar-refractivity contribution in [3.05, 3.63) is 42.0 Å². The van der Waals surface area contributed by atoms with Gasteiger partial charge >= 0.3 is 5.82 Å². The highest BCUT2D eigenvalue weighted by Gasteiger charge is 2.52. The predicted molar refractivity (Wildman–Crippen MR) is 85.7 cm³/mol. The van der Waals surface area contributed by atoms with Gasteiger partial charge in [0.25, 0.3) is 5.82 Å². The highest BCUT2D eigenvalue weighted by atomic mass is 19.1. The van der Waals surface area contributed by atoms with Crippen LogP contribution in [0, 0.1) is 0 Å². The number of hydrogen-bond acceptors (Lipinski definition) is 3. The molecule has 1 fully saturated rings. The van der Waals surface area contributed by atoms with E-state index in [4.69, 9.17) is 10.5 Å². The van der Waals surface area contributed by atoms with Crippen molar-refractivity contribution in [3.8, 4) is 17.1 Å². The van der Waals surface area contributed by atoms with Gasteiger partial charge in [-0.15, -0.1) is 0 Å². The predicted octanol–water partition coefficient (Wildman–Crippen LogP) is 2.53. The molecule has 0 atom stereocenters. The second-order valence-corrected chi connectivity index (χ2v) is 5.89. The molecule has 1 aliphatic rings. The van der Waals surface area contributed by atoms with Gasteiger partial charge in [0.05, 0.1) is 11.9 Å². The number of ether oxygens (including phenoxy) is 1. The first-order valence-electron chi connectivity index (χ1n) is 8.00. The maximum Gasteiger partial charge on any atom is 0.351 e. The van der Waals surface area contributed by atoms with Crippen molar-refractivity contribution in [2.75, 3.05) is 13.2 Å². The van der Waals surface area contributed by atoms with E-state index >= 15 is 0 Å². The molecule has 1 aliphatic carbocycles. The summed E-state index contributed by atoms with van der Waals surface area (Å²) in [5, 5.41) is 3.04. The molecule has 128 valence electrons. The summed E-state index contributed by atoms with van der Waals surface area (Å²) in [7, 11) is 0. The molecule has 1 saturated carbocycles. The largest absolute Gasteiger partial charge is 0.489 e. The van der Waals surface area contributed by atoms with Crippen molar-refractivity contribution in [3.63, 3.8) is 0 Å². The first-order chi connectivity index (χ1) is 11.6. The van der Waals surface area contributed by atoms with Crippen LogP contribution in [0.4, 0.5) is 8.78 Å². The monoisotopic (exact) mass is 335 g/mol. The van der Waals surface area contributed by atoms with Gasteiger partial charge in [-0.2, -0.15) is 9.78 Å². The van der Waals surface area contributed by atoms with Gasteiger partial charge in [-0.1, -0.05) is 0 Å². The molecule has 5 nitrogen and oxygen atoms in total. The van der Waals surface area contributed by atoms with Crippen LogP contribution in [0.1, 0.15) is 25.6 Å². The second kappa shape index (κ2) is 6.68. The molecule has 3 rings (SSSR count). The van der Waals surface area contributed by atoms with Crippen LogP contribution in [0.5, 0.6) is 5.75 Å². The van der Waals surface area contributed by atoms with E-state index in [1.807, 2.05) is 23.7 Å². The lowest BCUT2D eigenvalue weighted by Gasteiger charge is -2.07. The standard InChI is InChI=1S/C17H20F2N4O/c1-2-23-15(21-16(22-23)17(19)7-8-17)13-3-5-14(6-4-13)24-11-12(9-18)10-20/h3-6,9H,2,7-8,10-11,20H2,1H3/p+1/b12-9+. The van der Waals surface area contributed by atoms with Gasteiger partial charge in [-0.3, -0.25) is 0 Å². The van der Waals surface area contributed by atoms with Crippen LogP contribution in [-0.4, -0.2) is 23.2 Å². The van der Waals surface area contributed by atoms with Crippen LogP contribution in [0.3, 0.4) is 0 Å². The molecule has 7 heteroatoms. The van der Waals surface area contributed by atoms with Gasteiger partial charge in [0.15, 0.2) is 5.67 Å². The van der Waals surface area contributed by atoms with Gasteiger partial charge in [0.1, 0.15) is 18.9 Å². The van der Waals surface area contributed by atoms with Crippen molar-refractivity contribution in [2.45, 2.75) is 32.0 Å². The van der Waals surface area contributed by atoms with E-state index in [1.54, 1.807) is 12.1 Å². The molecule has 1 aromatic heterocycles. The van der Waals surface area contributed by atoms with Crippen molar-refractivity contribution in [1.82, 2.24) is 10.1 Å². The third kappa shape index (κ3) is 3.31. The summed E-state index contributed by atoms with van der Waals surface area (Å²) < 4.78 is 34.0. The average Bonchev–Trinajstić information content (AvgIpc) is 3.21. The van der Waals surface area contributed by atoms with Crippen LogP contribution in [0.2, 0.25) is 0 Å². The molecule has 3 N–H and O–H groups in total. The average molecular weight is 335 g/mol. The molecular formula is C17H21F2N4O+. The Morgan fingerprint density at radius 2 is 2.12 bits per heavy atom. The number of aromatic nitrogens is 3. The summed E-state index contributed by atoms with van der Waals surface area (Å²) >= 11 is 0. The summed E-state index contributed by atoms with van der Waals surface area (Å²) in [4.78, 5) is 4.43. The Kier molecular flexibility index (Phi) is 4.62. The normalized spacial score (nSPS) is 16.2. The number of alkyl halides is 1. The van der Waals surface area contributed by atoms with E-state index in [2.05, 4.69) is 10.1 Å². The molecule has 0 bridgehead atoms.